The lowest BCUT2D eigenvalue weighted by molar-refractivity contribution is -0.126. The van der Waals surface area contributed by atoms with E-state index in [0.717, 1.165) is 10.8 Å². The zero-order chi connectivity index (χ0) is 23.1. The number of carbonyl (C=O) groups excluding carboxylic acids is 1. The van der Waals surface area contributed by atoms with Crippen LogP contribution in [0.4, 0.5) is 16.0 Å². The fourth-order valence-electron chi connectivity index (χ4n) is 4.26. The van der Waals surface area contributed by atoms with E-state index < -0.39 is 5.82 Å². The van der Waals surface area contributed by atoms with E-state index in [2.05, 4.69) is 21.5 Å². The lowest BCUT2D eigenvalue weighted by Crippen LogP contribution is -2.48. The van der Waals surface area contributed by atoms with Crippen LogP contribution >= 0.6 is 11.6 Å². The van der Waals surface area contributed by atoms with Crippen LogP contribution in [0.1, 0.15) is 0 Å². The van der Waals surface area contributed by atoms with Crippen molar-refractivity contribution in [2.24, 2.45) is 0 Å². The summed E-state index contributed by atoms with van der Waals surface area (Å²) in [5, 5.41) is 2.27. The predicted octanol–water partition coefficient (Wildman–Crippen LogP) is 4.05. The van der Waals surface area contributed by atoms with Crippen molar-refractivity contribution in [1.29, 1.82) is 0 Å². The summed E-state index contributed by atoms with van der Waals surface area (Å²) in [7, 11) is 0. The Kier molecular flexibility index (Phi) is 5.30. The van der Waals surface area contributed by atoms with E-state index in [9.17, 15) is 4.79 Å². The Morgan fingerprint density at radius 2 is 1.88 bits per heavy atom. The molecule has 0 radical (unpaired) electrons. The van der Waals surface area contributed by atoms with Gasteiger partial charge in [-0.05, 0) is 23.6 Å². The molecule has 1 fully saturated rings. The van der Waals surface area contributed by atoms with Crippen LogP contribution in [-0.4, -0.2) is 51.9 Å². The third-order valence-corrected chi connectivity index (χ3v) is 6.16. The average Bonchev–Trinajstić information content (AvgIpc) is 2.83. The molecule has 1 amide bonds. The molecule has 1 aliphatic heterocycles. The number of aromatic nitrogens is 3. The number of halogens is 2. The average molecular weight is 463 g/mol. The first-order valence-corrected chi connectivity index (χ1v) is 10.8. The summed E-state index contributed by atoms with van der Waals surface area (Å²) in [6.45, 7) is 5.67. The number of pyridine rings is 1. The number of hydrogen-bond donors (Lipinski definition) is 1. The van der Waals surface area contributed by atoms with Gasteiger partial charge in [0, 0.05) is 37.0 Å². The lowest BCUT2D eigenvalue weighted by Gasteiger charge is -2.35. The van der Waals surface area contributed by atoms with Gasteiger partial charge in [0.25, 0.3) is 0 Å². The van der Waals surface area contributed by atoms with Crippen molar-refractivity contribution in [3.8, 4) is 11.3 Å². The highest BCUT2D eigenvalue weighted by atomic mass is 35.5. The molecular formula is C24H20ClFN6O. The van der Waals surface area contributed by atoms with E-state index >= 15 is 4.39 Å². The molecule has 0 spiro atoms. The maximum Gasteiger partial charge on any atom is 0.246 e. The van der Waals surface area contributed by atoms with Crippen LogP contribution in [-0.2, 0) is 4.79 Å². The second kappa shape index (κ2) is 8.29. The number of nitrogen functional groups attached to an aromatic ring is 1. The number of amides is 1. The molecule has 7 nitrogen and oxygen atoms in total. The molecule has 5 rings (SSSR count). The molecule has 2 aromatic heterocycles. The SMILES string of the molecule is C=CC(=O)N1CCN(c2ncnc3c(F)c(-c4nc(N)cc5ccccc45)c(Cl)cc23)CC1. The van der Waals surface area contributed by atoms with Crippen LogP contribution in [0.15, 0.2) is 55.4 Å². The standard InChI is InChI=1S/C24H20ClFN6O/c1-2-19(33)31-7-9-32(10-8-31)24-16-12-17(25)20(21(26)23(16)28-13-29-24)22-15-6-4-3-5-14(15)11-18(27)30-22/h2-6,11-13H,1,7-10H2,(H2,27,30). The van der Waals surface area contributed by atoms with Crippen LogP contribution < -0.4 is 10.6 Å². The second-order valence-corrected chi connectivity index (χ2v) is 8.18. The maximum atomic E-state index is 15.9. The number of rotatable bonds is 3. The summed E-state index contributed by atoms with van der Waals surface area (Å²) < 4.78 is 15.9. The van der Waals surface area contributed by atoms with Crippen molar-refractivity contribution in [2.45, 2.75) is 0 Å². The van der Waals surface area contributed by atoms with Gasteiger partial charge in [-0.3, -0.25) is 4.79 Å². The second-order valence-electron chi connectivity index (χ2n) is 7.77. The molecule has 0 bridgehead atoms. The summed E-state index contributed by atoms with van der Waals surface area (Å²) in [5.41, 5.74) is 6.67. The summed E-state index contributed by atoms with van der Waals surface area (Å²) >= 11 is 6.63. The molecule has 0 atom stereocenters. The molecule has 1 saturated heterocycles. The Morgan fingerprint density at radius 3 is 2.64 bits per heavy atom. The smallest absolute Gasteiger partial charge is 0.246 e. The molecule has 33 heavy (non-hydrogen) atoms. The molecule has 2 N–H and O–H groups in total. The Hall–Kier alpha value is -3.78. The van der Waals surface area contributed by atoms with Gasteiger partial charge in [0.15, 0.2) is 5.82 Å². The van der Waals surface area contributed by atoms with Crippen LogP contribution in [0.3, 0.4) is 0 Å². The molecule has 3 heterocycles. The van der Waals surface area contributed by atoms with Gasteiger partial charge in [0.05, 0.1) is 16.3 Å². The van der Waals surface area contributed by atoms with Crippen LogP contribution in [0.5, 0.6) is 0 Å². The zero-order valence-corrected chi connectivity index (χ0v) is 18.4. The van der Waals surface area contributed by atoms with Crippen LogP contribution in [0, 0.1) is 5.82 Å². The van der Waals surface area contributed by atoms with Crippen molar-refractivity contribution >= 4 is 50.8 Å². The van der Waals surface area contributed by atoms with E-state index in [1.54, 1.807) is 17.0 Å². The summed E-state index contributed by atoms with van der Waals surface area (Å²) in [4.78, 5) is 28.6. The van der Waals surface area contributed by atoms with Crippen LogP contribution in [0.2, 0.25) is 5.02 Å². The van der Waals surface area contributed by atoms with Crippen LogP contribution in [0.25, 0.3) is 32.9 Å². The first-order chi connectivity index (χ1) is 16.0. The summed E-state index contributed by atoms with van der Waals surface area (Å²) in [6, 6.07) is 10.9. The minimum Gasteiger partial charge on any atom is -0.384 e. The zero-order valence-electron chi connectivity index (χ0n) is 17.6. The molecule has 1 aliphatic rings. The van der Waals surface area contributed by atoms with Crippen molar-refractivity contribution < 1.29 is 9.18 Å². The molecule has 0 unspecified atom stereocenters. The minimum atomic E-state index is -0.579. The molecule has 0 saturated carbocycles. The number of piperazine rings is 1. The van der Waals surface area contributed by atoms with Crippen molar-refractivity contribution in [3.63, 3.8) is 0 Å². The quantitative estimate of drug-likeness (QED) is 0.462. The Balaban J connectivity index is 1.62. The number of carbonyl (C=O) groups is 1. The largest absolute Gasteiger partial charge is 0.384 e. The Bertz CT molecular complexity index is 1420. The molecule has 4 aromatic rings. The number of nitrogens with zero attached hydrogens (tertiary/aromatic N) is 5. The third-order valence-electron chi connectivity index (χ3n) is 5.86. The molecule has 9 heteroatoms. The summed E-state index contributed by atoms with van der Waals surface area (Å²) in [6.07, 6.45) is 2.64. The molecule has 0 aliphatic carbocycles. The molecule has 2 aromatic carbocycles. The van der Waals surface area contributed by atoms with Gasteiger partial charge in [0.2, 0.25) is 5.91 Å². The number of hydrogen-bond acceptors (Lipinski definition) is 6. The van der Waals surface area contributed by atoms with E-state index in [1.165, 1.54) is 12.4 Å². The van der Waals surface area contributed by atoms with Crippen molar-refractivity contribution in [3.05, 3.63) is 66.2 Å². The first-order valence-electron chi connectivity index (χ1n) is 10.4. The van der Waals surface area contributed by atoms with Gasteiger partial charge in [-0.2, -0.15) is 0 Å². The van der Waals surface area contributed by atoms with Gasteiger partial charge < -0.3 is 15.5 Å². The van der Waals surface area contributed by atoms with E-state index in [0.29, 0.717) is 43.1 Å². The van der Waals surface area contributed by atoms with E-state index in [1.807, 2.05) is 29.2 Å². The van der Waals surface area contributed by atoms with Gasteiger partial charge >= 0.3 is 0 Å². The fourth-order valence-corrected chi connectivity index (χ4v) is 4.54. The Labute approximate surface area is 194 Å². The van der Waals surface area contributed by atoms with Crippen molar-refractivity contribution in [2.75, 3.05) is 36.8 Å². The fraction of sp³-hybridized carbons (Fsp3) is 0.167. The van der Waals surface area contributed by atoms with E-state index in [-0.39, 0.29) is 27.8 Å². The first kappa shape index (κ1) is 21.1. The number of fused-ring (bicyclic) bond motifs is 2. The monoisotopic (exact) mass is 462 g/mol. The third kappa shape index (κ3) is 3.62. The van der Waals surface area contributed by atoms with E-state index in [4.69, 9.17) is 17.3 Å². The van der Waals surface area contributed by atoms with Gasteiger partial charge in [-0.15, -0.1) is 0 Å². The molecular weight excluding hydrogens is 443 g/mol. The maximum absolute atomic E-state index is 15.9. The van der Waals surface area contributed by atoms with Gasteiger partial charge in [-0.25, -0.2) is 19.3 Å². The minimum absolute atomic E-state index is 0.109. The number of anilines is 2. The molecule has 166 valence electrons. The highest BCUT2D eigenvalue weighted by Crippen LogP contribution is 2.39. The lowest BCUT2D eigenvalue weighted by atomic mass is 10.0. The highest BCUT2D eigenvalue weighted by molar-refractivity contribution is 6.34. The number of nitrogens with two attached hydrogens (primary N) is 1. The normalized spacial score (nSPS) is 14.1. The highest BCUT2D eigenvalue weighted by Gasteiger charge is 2.25. The summed E-state index contributed by atoms with van der Waals surface area (Å²) in [5.74, 6) is 0.158. The number of benzene rings is 2. The van der Waals surface area contributed by atoms with Gasteiger partial charge in [0.1, 0.15) is 23.5 Å². The Morgan fingerprint density at radius 1 is 1.12 bits per heavy atom. The topological polar surface area (TPSA) is 88.2 Å². The van der Waals surface area contributed by atoms with Crippen molar-refractivity contribution in [1.82, 2.24) is 19.9 Å². The van der Waals surface area contributed by atoms with Gasteiger partial charge in [-0.1, -0.05) is 42.4 Å². The predicted molar refractivity (Wildman–Crippen MR) is 129 cm³/mol.